The molecule has 0 aliphatic heterocycles. The molecule has 0 saturated heterocycles. The van der Waals surface area contributed by atoms with E-state index in [1.165, 1.54) is 54.5 Å². The van der Waals surface area contributed by atoms with Crippen molar-refractivity contribution in [3.05, 3.63) is 47.2 Å². The summed E-state index contributed by atoms with van der Waals surface area (Å²) in [5, 5.41) is 1.67. The second-order valence-electron chi connectivity index (χ2n) is 10.6. The van der Waals surface area contributed by atoms with Crippen LogP contribution in [-0.2, 0) is 19.9 Å². The number of benzene rings is 1. The highest BCUT2D eigenvalue weighted by Crippen LogP contribution is 2.29. The van der Waals surface area contributed by atoms with Crippen molar-refractivity contribution in [2.75, 3.05) is 0 Å². The molecule has 3 rings (SSSR count). The molecule has 28 heavy (non-hydrogen) atoms. The largest absolute Gasteiger partial charge is 0.212 e. The van der Waals surface area contributed by atoms with Crippen molar-refractivity contribution in [3.8, 4) is 11.3 Å². The molecule has 0 atom stereocenters. The quantitative estimate of drug-likeness (QED) is 0.420. The van der Waals surface area contributed by atoms with Gasteiger partial charge < -0.3 is 0 Å². The number of aromatic nitrogens is 1. The van der Waals surface area contributed by atoms with Gasteiger partial charge in [-0.25, -0.2) is 4.57 Å². The summed E-state index contributed by atoms with van der Waals surface area (Å²) in [6.07, 6.45) is 10.6. The Morgan fingerprint density at radius 3 is 2.36 bits per heavy atom. The predicted molar refractivity (Wildman–Crippen MR) is 125 cm³/mol. The van der Waals surface area contributed by atoms with Crippen LogP contribution in [0.4, 0.5) is 0 Å². The molecule has 0 spiro atoms. The molecule has 1 aliphatic rings. The Bertz CT molecular complexity index is 823. The van der Waals surface area contributed by atoms with E-state index in [9.17, 15) is 0 Å². The maximum Gasteiger partial charge on any atom is 0.212 e. The first kappa shape index (κ1) is 21.3. The van der Waals surface area contributed by atoms with Crippen molar-refractivity contribution in [2.24, 2.45) is 18.9 Å². The van der Waals surface area contributed by atoms with E-state index >= 15 is 0 Å². The highest BCUT2D eigenvalue weighted by Gasteiger charge is 2.28. The molecule has 1 heterocycles. The summed E-state index contributed by atoms with van der Waals surface area (Å²) < 4.78 is 2.40. The normalized spacial score (nSPS) is 15.6. The molecule has 2 aromatic rings. The molecule has 1 aromatic heterocycles. The lowest BCUT2D eigenvalue weighted by atomic mass is 9.95. The molecule has 1 aliphatic carbocycles. The van der Waals surface area contributed by atoms with E-state index in [0.29, 0.717) is 5.92 Å². The van der Waals surface area contributed by atoms with Gasteiger partial charge in [0, 0.05) is 17.2 Å². The summed E-state index contributed by atoms with van der Waals surface area (Å²) >= 11 is 0. The van der Waals surface area contributed by atoms with Gasteiger partial charge >= 0.3 is 0 Å². The van der Waals surface area contributed by atoms with Crippen LogP contribution in [-0.4, -0.2) is 8.07 Å². The zero-order chi connectivity index (χ0) is 20.5. The Balaban J connectivity index is 2.07. The van der Waals surface area contributed by atoms with E-state index in [1.807, 2.05) is 0 Å². The van der Waals surface area contributed by atoms with Crippen LogP contribution in [0.3, 0.4) is 0 Å². The van der Waals surface area contributed by atoms with Crippen molar-refractivity contribution in [3.63, 3.8) is 0 Å². The monoisotopic (exact) mass is 394 g/mol. The highest BCUT2D eigenvalue weighted by atomic mass is 28.3. The van der Waals surface area contributed by atoms with Gasteiger partial charge in [0.05, 0.1) is 8.07 Å². The molecule has 1 nitrogen and oxygen atoms in total. The molecule has 0 radical (unpaired) electrons. The van der Waals surface area contributed by atoms with Gasteiger partial charge in [-0.15, -0.1) is 0 Å². The molecule has 152 valence electrons. The summed E-state index contributed by atoms with van der Waals surface area (Å²) in [4.78, 5) is 0. The predicted octanol–water partition coefficient (Wildman–Crippen LogP) is 5.96. The molecule has 2 heteroatoms. The molecule has 0 N–H and O–H groups in total. The fourth-order valence-corrected chi connectivity index (χ4v) is 6.60. The van der Waals surface area contributed by atoms with Crippen molar-refractivity contribution < 1.29 is 4.57 Å². The molecular formula is C26H40NSi+. The molecule has 0 bridgehead atoms. The summed E-state index contributed by atoms with van der Waals surface area (Å²) in [7, 11) is 0.839. The van der Waals surface area contributed by atoms with Gasteiger partial charge in [0.1, 0.15) is 7.05 Å². The average Bonchev–Trinajstić information content (AvgIpc) is 3.08. The fraction of sp³-hybridized carbons (Fsp3) is 0.577. The second-order valence-corrected chi connectivity index (χ2v) is 15.6. The maximum absolute atomic E-state index is 2.55. The van der Waals surface area contributed by atoms with E-state index in [-0.39, 0.29) is 0 Å². The fourth-order valence-electron chi connectivity index (χ4n) is 4.90. The van der Waals surface area contributed by atoms with Crippen molar-refractivity contribution in [2.45, 2.75) is 78.9 Å². The third-order valence-corrected chi connectivity index (χ3v) is 8.45. The van der Waals surface area contributed by atoms with E-state index in [4.69, 9.17) is 0 Å². The molecule has 1 saturated carbocycles. The lowest BCUT2D eigenvalue weighted by molar-refractivity contribution is -0.660. The minimum Gasteiger partial charge on any atom is -0.201 e. The Morgan fingerprint density at radius 2 is 1.75 bits per heavy atom. The summed E-state index contributed by atoms with van der Waals surface area (Å²) in [6.45, 7) is 14.4. The first-order chi connectivity index (χ1) is 13.1. The lowest BCUT2D eigenvalue weighted by Gasteiger charge is -2.23. The zero-order valence-electron chi connectivity index (χ0n) is 19.2. The summed E-state index contributed by atoms with van der Waals surface area (Å²) in [6, 6.07) is 9.62. The van der Waals surface area contributed by atoms with E-state index in [1.54, 1.807) is 10.8 Å². The second kappa shape index (κ2) is 8.53. The lowest BCUT2D eigenvalue weighted by Crippen LogP contribution is -2.45. The van der Waals surface area contributed by atoms with Gasteiger partial charge in [0.25, 0.3) is 0 Å². The number of hydrogen-bond acceptors (Lipinski definition) is 0. The van der Waals surface area contributed by atoms with Crippen LogP contribution in [0.25, 0.3) is 11.3 Å². The number of rotatable bonds is 6. The van der Waals surface area contributed by atoms with Crippen LogP contribution in [0, 0.1) is 18.8 Å². The third kappa shape index (κ3) is 4.95. The van der Waals surface area contributed by atoms with Crippen LogP contribution in [0.2, 0.25) is 19.6 Å². The minimum absolute atomic E-state index is 0.690. The number of pyridine rings is 1. The standard InChI is InChI=1S/C26H40NSi/c1-19(2)14-22-13-12-20(3)24(16-22)25-17-26(28(5,6)7)23(18-27(25)4)15-21-10-8-9-11-21/h12-13,16-19,21H,8-11,14-15H2,1-7H3/q+1. The van der Waals surface area contributed by atoms with Crippen LogP contribution in [0.1, 0.15) is 56.2 Å². The molecule has 1 aromatic carbocycles. The minimum atomic E-state index is -1.41. The zero-order valence-corrected chi connectivity index (χ0v) is 20.2. The smallest absolute Gasteiger partial charge is 0.201 e. The Morgan fingerprint density at radius 1 is 1.07 bits per heavy atom. The first-order valence-corrected chi connectivity index (χ1v) is 14.8. The summed E-state index contributed by atoms with van der Waals surface area (Å²) in [5.41, 5.74) is 7.25. The van der Waals surface area contributed by atoms with E-state index < -0.39 is 8.07 Å². The SMILES string of the molecule is Cc1ccc(CC(C)C)cc1-c1cc([Si](C)(C)C)c(CC2CCCC2)c[n+]1C. The van der Waals surface area contributed by atoms with E-state index in [0.717, 1.165) is 12.3 Å². The van der Waals surface area contributed by atoms with Gasteiger partial charge in [0.15, 0.2) is 6.20 Å². The van der Waals surface area contributed by atoms with Gasteiger partial charge in [0.2, 0.25) is 5.69 Å². The Labute approximate surface area is 174 Å². The average molecular weight is 395 g/mol. The van der Waals surface area contributed by atoms with E-state index in [2.05, 4.69) is 82.5 Å². The Hall–Kier alpha value is -1.41. The molecule has 1 fully saturated rings. The van der Waals surface area contributed by atoms with Gasteiger partial charge in [-0.1, -0.05) is 71.3 Å². The van der Waals surface area contributed by atoms with Crippen LogP contribution >= 0.6 is 0 Å². The number of aryl methyl sites for hydroxylation is 2. The summed E-state index contributed by atoms with van der Waals surface area (Å²) in [5.74, 6) is 1.59. The molecule has 0 amide bonds. The van der Waals surface area contributed by atoms with Crippen LogP contribution < -0.4 is 9.75 Å². The third-order valence-electron chi connectivity index (χ3n) is 6.37. The van der Waals surface area contributed by atoms with Crippen molar-refractivity contribution in [1.82, 2.24) is 0 Å². The highest BCUT2D eigenvalue weighted by molar-refractivity contribution is 6.89. The topological polar surface area (TPSA) is 3.88 Å². The van der Waals surface area contributed by atoms with Crippen molar-refractivity contribution in [1.29, 1.82) is 0 Å². The van der Waals surface area contributed by atoms with Gasteiger partial charge in [-0.05, 0) is 54.0 Å². The maximum atomic E-state index is 2.55. The molecule has 0 unspecified atom stereocenters. The molecular weight excluding hydrogens is 354 g/mol. The van der Waals surface area contributed by atoms with Crippen LogP contribution in [0.15, 0.2) is 30.5 Å². The van der Waals surface area contributed by atoms with Gasteiger partial charge in [-0.3, -0.25) is 0 Å². The Kier molecular flexibility index (Phi) is 6.49. The number of hydrogen-bond donors (Lipinski definition) is 0. The van der Waals surface area contributed by atoms with Crippen molar-refractivity contribution >= 4 is 13.3 Å². The number of nitrogens with zero attached hydrogens (tertiary/aromatic N) is 1. The van der Waals surface area contributed by atoms with Crippen LogP contribution in [0.5, 0.6) is 0 Å². The van der Waals surface area contributed by atoms with Gasteiger partial charge in [-0.2, -0.15) is 0 Å². The first-order valence-electron chi connectivity index (χ1n) is 11.3.